The first-order valence-corrected chi connectivity index (χ1v) is 8.06. The van der Waals surface area contributed by atoms with Crippen molar-refractivity contribution >= 4 is 5.91 Å². The van der Waals surface area contributed by atoms with Gasteiger partial charge in [-0.1, -0.05) is 0 Å². The van der Waals surface area contributed by atoms with Gasteiger partial charge in [-0.2, -0.15) is 0 Å². The van der Waals surface area contributed by atoms with Crippen LogP contribution < -0.4 is 5.32 Å². The van der Waals surface area contributed by atoms with Crippen LogP contribution in [0.15, 0.2) is 0 Å². The lowest BCUT2D eigenvalue weighted by molar-refractivity contribution is -0.341. The molecule has 1 amide bonds. The van der Waals surface area contributed by atoms with Crippen molar-refractivity contribution in [1.82, 2.24) is 5.32 Å². The molecule has 0 aromatic carbocycles. The summed E-state index contributed by atoms with van der Waals surface area (Å²) in [7, 11) is 0. The van der Waals surface area contributed by atoms with Crippen molar-refractivity contribution in [1.29, 1.82) is 0 Å². The number of carbonyl (C=O) groups excluding carboxylic acids is 1. The Labute approximate surface area is 148 Å². The summed E-state index contributed by atoms with van der Waals surface area (Å²) in [6, 6.07) is -1.28. The topological polar surface area (TPSA) is 198 Å². The summed E-state index contributed by atoms with van der Waals surface area (Å²) in [4.78, 5) is 11.4. The fourth-order valence-corrected chi connectivity index (χ4v) is 2.97. The van der Waals surface area contributed by atoms with E-state index in [0.717, 1.165) is 6.92 Å². The number of hydrogen-bond acceptors (Lipinski definition) is 11. The Bertz CT molecular complexity index is 478. The number of aliphatic hydroxyl groups is 7. The van der Waals surface area contributed by atoms with Crippen molar-refractivity contribution in [2.45, 2.75) is 68.3 Å². The Kier molecular flexibility index (Phi) is 7.27. The molecule has 0 aromatic rings. The van der Waals surface area contributed by atoms with Crippen molar-refractivity contribution in [3.8, 4) is 0 Å². The van der Waals surface area contributed by atoms with E-state index in [1.807, 2.05) is 0 Å². The molecule has 2 heterocycles. The molecule has 0 radical (unpaired) electrons. The lowest BCUT2D eigenvalue weighted by Crippen LogP contribution is -2.67. The second kappa shape index (κ2) is 8.84. The molecule has 0 spiro atoms. The van der Waals surface area contributed by atoms with E-state index < -0.39 is 80.5 Å². The minimum absolute atomic E-state index is 0.574. The van der Waals surface area contributed by atoms with Crippen LogP contribution >= 0.6 is 0 Å². The van der Waals surface area contributed by atoms with E-state index in [-0.39, 0.29) is 0 Å². The second-order valence-corrected chi connectivity index (χ2v) is 6.26. The zero-order valence-corrected chi connectivity index (χ0v) is 14.0. The normalized spacial score (nSPS) is 46.8. The van der Waals surface area contributed by atoms with E-state index >= 15 is 0 Å². The lowest BCUT2D eigenvalue weighted by Gasteiger charge is -2.46. The van der Waals surface area contributed by atoms with Crippen LogP contribution in [-0.2, 0) is 19.0 Å². The SMILES string of the molecule is CC(=O)N[C@@H]1[C@@H](O[C@@H]2O[C@H](CO)[C@@H](O)[C@H](O)[C@H]2O)[C@@H](O)[C@@H](CO)O[C@@H]1O. The highest BCUT2D eigenvalue weighted by atomic mass is 16.7. The monoisotopic (exact) mass is 383 g/mol. The summed E-state index contributed by atoms with van der Waals surface area (Å²) in [5, 5.41) is 70.7. The molecule has 0 aliphatic carbocycles. The Hall–Kier alpha value is -0.930. The van der Waals surface area contributed by atoms with Gasteiger partial charge in [-0.15, -0.1) is 0 Å². The third-order valence-electron chi connectivity index (χ3n) is 4.38. The summed E-state index contributed by atoms with van der Waals surface area (Å²) in [6.07, 6.45) is -13.7. The predicted molar refractivity (Wildman–Crippen MR) is 80.2 cm³/mol. The first kappa shape index (κ1) is 21.4. The molecule has 2 rings (SSSR count). The summed E-state index contributed by atoms with van der Waals surface area (Å²) in [5.74, 6) is -0.574. The maximum Gasteiger partial charge on any atom is 0.217 e. The predicted octanol–water partition coefficient (Wildman–Crippen LogP) is -5.25. The van der Waals surface area contributed by atoms with Crippen LogP contribution in [0.1, 0.15) is 6.92 Å². The van der Waals surface area contributed by atoms with Crippen LogP contribution in [-0.4, -0.2) is 116 Å². The molecule has 2 aliphatic rings. The molecule has 2 saturated heterocycles. The van der Waals surface area contributed by atoms with Crippen LogP contribution in [0.25, 0.3) is 0 Å². The van der Waals surface area contributed by atoms with Gasteiger partial charge in [0.25, 0.3) is 0 Å². The average molecular weight is 383 g/mol. The van der Waals surface area contributed by atoms with Crippen molar-refractivity contribution in [3.63, 3.8) is 0 Å². The van der Waals surface area contributed by atoms with Gasteiger partial charge in [0.05, 0.1) is 13.2 Å². The molecule has 2 fully saturated rings. The summed E-state index contributed by atoms with van der Waals surface area (Å²) >= 11 is 0. The highest BCUT2D eigenvalue weighted by Gasteiger charge is 2.50. The fourth-order valence-electron chi connectivity index (χ4n) is 2.97. The molecule has 2 aliphatic heterocycles. The first-order chi connectivity index (χ1) is 12.2. The number of amides is 1. The summed E-state index contributed by atoms with van der Waals surface area (Å²) < 4.78 is 15.7. The number of nitrogens with one attached hydrogen (secondary N) is 1. The van der Waals surface area contributed by atoms with Crippen LogP contribution in [0.5, 0.6) is 0 Å². The molecule has 12 heteroatoms. The fraction of sp³-hybridized carbons (Fsp3) is 0.929. The average Bonchev–Trinajstić information content (AvgIpc) is 2.60. The van der Waals surface area contributed by atoms with E-state index in [1.165, 1.54) is 0 Å². The zero-order valence-electron chi connectivity index (χ0n) is 14.0. The maximum absolute atomic E-state index is 11.4. The van der Waals surface area contributed by atoms with Gasteiger partial charge < -0.3 is 55.3 Å². The van der Waals surface area contributed by atoms with E-state index in [9.17, 15) is 40.5 Å². The molecule has 0 aromatic heterocycles. The molecule has 12 nitrogen and oxygen atoms in total. The van der Waals surface area contributed by atoms with E-state index in [0.29, 0.717) is 0 Å². The standard InChI is InChI=1S/C14H25NO11/c1-4(18)15-7-12(9(20)6(3-17)24-13(7)23)26-14-11(22)10(21)8(19)5(2-16)25-14/h5-14,16-17,19-23H,2-3H2,1H3,(H,15,18)/t5-,6-,7-,8-,9+,10+,11-,12-,13+,14+/m1/s1. The number of carbonyl (C=O) groups is 1. The highest BCUT2D eigenvalue weighted by Crippen LogP contribution is 2.28. The van der Waals surface area contributed by atoms with Gasteiger partial charge in [0.15, 0.2) is 12.6 Å². The zero-order chi connectivity index (χ0) is 19.6. The van der Waals surface area contributed by atoms with Crippen LogP contribution in [0.2, 0.25) is 0 Å². The quantitative estimate of drug-likeness (QED) is 0.226. The van der Waals surface area contributed by atoms with Crippen LogP contribution in [0.4, 0.5) is 0 Å². The third kappa shape index (κ3) is 4.31. The number of rotatable bonds is 5. The molecular formula is C14H25NO11. The van der Waals surface area contributed by atoms with Gasteiger partial charge >= 0.3 is 0 Å². The van der Waals surface area contributed by atoms with Gasteiger partial charge in [0, 0.05) is 6.92 Å². The van der Waals surface area contributed by atoms with E-state index in [2.05, 4.69) is 5.32 Å². The van der Waals surface area contributed by atoms with Crippen molar-refractivity contribution < 1.29 is 54.8 Å². The van der Waals surface area contributed by atoms with Crippen molar-refractivity contribution in [2.75, 3.05) is 13.2 Å². The van der Waals surface area contributed by atoms with Gasteiger partial charge in [-0.05, 0) is 0 Å². The molecule has 26 heavy (non-hydrogen) atoms. The Morgan fingerprint density at radius 1 is 0.923 bits per heavy atom. The molecule has 8 N–H and O–H groups in total. The number of ether oxygens (including phenoxy) is 3. The highest BCUT2D eigenvalue weighted by molar-refractivity contribution is 5.73. The Morgan fingerprint density at radius 2 is 1.50 bits per heavy atom. The Balaban J connectivity index is 2.21. The molecule has 0 saturated carbocycles. The maximum atomic E-state index is 11.4. The second-order valence-electron chi connectivity index (χ2n) is 6.26. The van der Waals surface area contributed by atoms with Gasteiger partial charge in [0.1, 0.15) is 48.8 Å². The van der Waals surface area contributed by atoms with Gasteiger partial charge in [-0.3, -0.25) is 4.79 Å². The first-order valence-electron chi connectivity index (χ1n) is 8.06. The van der Waals surface area contributed by atoms with E-state index in [4.69, 9.17) is 14.2 Å². The molecular weight excluding hydrogens is 358 g/mol. The van der Waals surface area contributed by atoms with Crippen molar-refractivity contribution in [3.05, 3.63) is 0 Å². The molecule has 10 atom stereocenters. The van der Waals surface area contributed by atoms with Gasteiger partial charge in [-0.25, -0.2) is 0 Å². The molecule has 0 bridgehead atoms. The molecule has 152 valence electrons. The smallest absolute Gasteiger partial charge is 0.217 e. The summed E-state index contributed by atoms with van der Waals surface area (Å²) in [5.41, 5.74) is 0. The molecule has 0 unspecified atom stereocenters. The largest absolute Gasteiger partial charge is 0.394 e. The Morgan fingerprint density at radius 3 is 2.04 bits per heavy atom. The van der Waals surface area contributed by atoms with E-state index in [1.54, 1.807) is 0 Å². The third-order valence-corrected chi connectivity index (χ3v) is 4.38. The van der Waals surface area contributed by atoms with Crippen LogP contribution in [0, 0.1) is 0 Å². The van der Waals surface area contributed by atoms with Crippen molar-refractivity contribution in [2.24, 2.45) is 0 Å². The van der Waals surface area contributed by atoms with Gasteiger partial charge in [0.2, 0.25) is 5.91 Å². The number of aliphatic hydroxyl groups excluding tert-OH is 7. The number of hydrogen-bond donors (Lipinski definition) is 8. The minimum atomic E-state index is -1.74. The lowest BCUT2D eigenvalue weighted by atomic mass is 9.95. The summed E-state index contributed by atoms with van der Waals surface area (Å²) in [6.45, 7) is -0.195. The van der Waals surface area contributed by atoms with Crippen LogP contribution in [0.3, 0.4) is 0 Å². The minimum Gasteiger partial charge on any atom is -0.394 e.